The maximum Gasteiger partial charge on any atom is 0.261 e. The van der Waals surface area contributed by atoms with Crippen molar-refractivity contribution in [3.63, 3.8) is 0 Å². The molecule has 4 rings (SSSR count). The first-order chi connectivity index (χ1) is 15.8. The van der Waals surface area contributed by atoms with Gasteiger partial charge in [-0.25, -0.2) is 4.68 Å². The highest BCUT2D eigenvalue weighted by Crippen LogP contribution is 2.25. The second-order valence-electron chi connectivity index (χ2n) is 8.84. The molecule has 0 spiro atoms. The molecule has 0 fully saturated rings. The van der Waals surface area contributed by atoms with Crippen LogP contribution in [0.4, 0.5) is 0 Å². The average molecular weight is 466 g/mol. The molecule has 0 atom stereocenters. The third kappa shape index (κ3) is 4.88. The highest BCUT2D eigenvalue weighted by atomic mass is 32.2. The summed E-state index contributed by atoms with van der Waals surface area (Å²) < 4.78 is 7.22. The minimum absolute atomic E-state index is 0.0847. The van der Waals surface area contributed by atoms with Gasteiger partial charge < -0.3 is 10.6 Å². The molecule has 172 valence electrons. The lowest BCUT2D eigenvalue weighted by Gasteiger charge is -2.19. The van der Waals surface area contributed by atoms with Gasteiger partial charge in [-0.05, 0) is 41.7 Å². The molecule has 9 heteroatoms. The van der Waals surface area contributed by atoms with E-state index in [-0.39, 0.29) is 23.8 Å². The van der Waals surface area contributed by atoms with Crippen molar-refractivity contribution >= 4 is 23.6 Å². The van der Waals surface area contributed by atoms with Crippen LogP contribution >= 0.6 is 11.8 Å². The Labute approximate surface area is 197 Å². The van der Waals surface area contributed by atoms with Crippen LogP contribution in [0.3, 0.4) is 0 Å². The van der Waals surface area contributed by atoms with Crippen molar-refractivity contribution in [1.29, 1.82) is 0 Å². The lowest BCUT2D eigenvalue weighted by molar-refractivity contribution is 0.0655. The summed E-state index contributed by atoms with van der Waals surface area (Å²) in [5, 5.41) is 8.80. The molecule has 0 radical (unpaired) electrons. The summed E-state index contributed by atoms with van der Waals surface area (Å²) in [6.07, 6.45) is 0.620. The molecular formula is C24H27N5O3S. The molecule has 33 heavy (non-hydrogen) atoms. The molecule has 8 nitrogen and oxygen atoms in total. The predicted molar refractivity (Wildman–Crippen MR) is 127 cm³/mol. The Balaban J connectivity index is 1.26. The maximum absolute atomic E-state index is 12.4. The third-order valence-corrected chi connectivity index (χ3v) is 6.49. The fourth-order valence-electron chi connectivity index (χ4n) is 3.53. The van der Waals surface area contributed by atoms with Gasteiger partial charge in [0.25, 0.3) is 11.8 Å². The van der Waals surface area contributed by atoms with E-state index in [1.54, 1.807) is 24.3 Å². The zero-order valence-electron chi connectivity index (χ0n) is 18.9. The van der Waals surface area contributed by atoms with E-state index in [0.717, 1.165) is 5.75 Å². The molecule has 2 amide bonds. The van der Waals surface area contributed by atoms with Crippen molar-refractivity contribution < 1.29 is 14.3 Å². The van der Waals surface area contributed by atoms with Crippen LogP contribution in [0.5, 0.6) is 5.75 Å². The van der Waals surface area contributed by atoms with Gasteiger partial charge in [0, 0.05) is 12.3 Å². The number of imide groups is 1. The molecule has 0 saturated carbocycles. The first-order valence-electron chi connectivity index (χ1n) is 10.8. The Morgan fingerprint density at radius 1 is 0.970 bits per heavy atom. The van der Waals surface area contributed by atoms with Crippen molar-refractivity contribution in [1.82, 2.24) is 19.8 Å². The van der Waals surface area contributed by atoms with Crippen molar-refractivity contribution in [2.45, 2.75) is 44.4 Å². The molecule has 0 saturated heterocycles. The molecule has 2 heterocycles. The molecule has 2 N–H and O–H groups in total. The summed E-state index contributed by atoms with van der Waals surface area (Å²) in [5.41, 5.74) is 2.25. The largest absolute Gasteiger partial charge is 0.486 e. The fraction of sp³-hybridized carbons (Fsp3) is 0.333. The number of hydrogen-bond donors (Lipinski definition) is 1. The number of aromatic nitrogens is 3. The Kier molecular flexibility index (Phi) is 6.42. The number of benzene rings is 2. The van der Waals surface area contributed by atoms with Gasteiger partial charge in [-0.15, -0.1) is 10.2 Å². The predicted octanol–water partition coefficient (Wildman–Crippen LogP) is 3.65. The number of ether oxygens (including phenoxy) is 1. The van der Waals surface area contributed by atoms with Crippen LogP contribution in [0.25, 0.3) is 0 Å². The van der Waals surface area contributed by atoms with E-state index in [4.69, 9.17) is 10.6 Å². The minimum atomic E-state index is -0.238. The Hall–Kier alpha value is -3.33. The lowest BCUT2D eigenvalue weighted by atomic mass is 9.87. The Morgan fingerprint density at radius 2 is 1.61 bits per heavy atom. The molecule has 1 aliphatic heterocycles. The number of fused-ring (bicyclic) bond motifs is 1. The van der Waals surface area contributed by atoms with Crippen LogP contribution in [0.15, 0.2) is 53.7 Å². The van der Waals surface area contributed by atoms with Crippen molar-refractivity contribution in [3.05, 3.63) is 71.0 Å². The zero-order valence-corrected chi connectivity index (χ0v) is 19.8. The van der Waals surface area contributed by atoms with Gasteiger partial charge in [0.15, 0.2) is 5.82 Å². The quantitative estimate of drug-likeness (QED) is 0.234. The van der Waals surface area contributed by atoms with Gasteiger partial charge in [-0.1, -0.05) is 56.8 Å². The molecular weight excluding hydrogens is 438 g/mol. The number of nitrogen functional groups attached to an aromatic ring is 1. The molecule has 2 aromatic carbocycles. The van der Waals surface area contributed by atoms with Crippen LogP contribution in [0, 0.1) is 0 Å². The Morgan fingerprint density at radius 3 is 2.21 bits per heavy atom. The monoisotopic (exact) mass is 465 g/mol. The van der Waals surface area contributed by atoms with Crippen LogP contribution in [-0.4, -0.2) is 43.9 Å². The second kappa shape index (κ2) is 9.27. The summed E-state index contributed by atoms with van der Waals surface area (Å²) in [6.45, 7) is 7.04. The van der Waals surface area contributed by atoms with Gasteiger partial charge in [0.05, 0.1) is 11.1 Å². The van der Waals surface area contributed by atoms with E-state index in [2.05, 4.69) is 43.1 Å². The average Bonchev–Trinajstić information content (AvgIpc) is 3.27. The van der Waals surface area contributed by atoms with Gasteiger partial charge in [-0.3, -0.25) is 14.5 Å². The Bertz CT molecular complexity index is 1130. The van der Waals surface area contributed by atoms with Gasteiger partial charge in [0.2, 0.25) is 5.16 Å². The number of carbonyl (C=O) groups excluding carboxylic acids is 2. The fourth-order valence-corrected chi connectivity index (χ4v) is 4.33. The summed E-state index contributed by atoms with van der Waals surface area (Å²) in [6, 6.07) is 14.9. The minimum Gasteiger partial charge on any atom is -0.486 e. The molecule has 1 aliphatic rings. The van der Waals surface area contributed by atoms with Gasteiger partial charge >= 0.3 is 0 Å². The highest BCUT2D eigenvalue weighted by Gasteiger charge is 2.34. The first-order valence-corrected chi connectivity index (χ1v) is 11.7. The summed E-state index contributed by atoms with van der Waals surface area (Å²) in [7, 11) is 0. The summed E-state index contributed by atoms with van der Waals surface area (Å²) in [4.78, 5) is 26.1. The number of hydrogen-bond acceptors (Lipinski definition) is 7. The van der Waals surface area contributed by atoms with E-state index in [9.17, 15) is 9.59 Å². The highest BCUT2D eigenvalue weighted by molar-refractivity contribution is 7.99. The molecule has 0 unspecified atom stereocenters. The van der Waals surface area contributed by atoms with Crippen molar-refractivity contribution in [2.24, 2.45) is 0 Å². The maximum atomic E-state index is 12.4. The van der Waals surface area contributed by atoms with Crippen LogP contribution in [-0.2, 0) is 12.0 Å². The smallest absolute Gasteiger partial charge is 0.261 e. The van der Waals surface area contributed by atoms with Crippen molar-refractivity contribution in [3.8, 4) is 5.75 Å². The van der Waals surface area contributed by atoms with E-state index in [1.165, 1.54) is 26.9 Å². The number of nitrogens with two attached hydrogens (primary N) is 1. The lowest BCUT2D eigenvalue weighted by Crippen LogP contribution is -2.31. The number of carbonyl (C=O) groups is 2. The third-order valence-electron chi connectivity index (χ3n) is 5.46. The standard InChI is InChI=1S/C24H27N5O3S/c1-24(2,3)16-9-11-17(12-10-16)32-15-20-26-27-23(29(20)25)33-14-6-13-28-21(30)18-7-4-5-8-19(18)22(28)31/h4-5,7-12H,6,13-15,25H2,1-3H3. The normalized spacial score (nSPS) is 13.5. The van der Waals surface area contributed by atoms with E-state index >= 15 is 0 Å². The number of rotatable bonds is 8. The number of amides is 2. The van der Waals surface area contributed by atoms with Crippen LogP contribution < -0.4 is 10.6 Å². The number of nitrogens with zero attached hydrogens (tertiary/aromatic N) is 4. The number of thioether (sulfide) groups is 1. The summed E-state index contributed by atoms with van der Waals surface area (Å²) >= 11 is 1.42. The van der Waals surface area contributed by atoms with Gasteiger partial charge in [-0.2, -0.15) is 0 Å². The molecule has 0 bridgehead atoms. The molecule has 1 aromatic heterocycles. The van der Waals surface area contributed by atoms with E-state index in [1.807, 2.05) is 12.1 Å². The zero-order chi connectivity index (χ0) is 23.6. The first kappa shape index (κ1) is 22.8. The topological polar surface area (TPSA) is 103 Å². The summed E-state index contributed by atoms with van der Waals surface area (Å²) in [5.74, 6) is 7.54. The van der Waals surface area contributed by atoms with Crippen molar-refractivity contribution in [2.75, 3.05) is 18.1 Å². The SMILES string of the molecule is CC(C)(C)c1ccc(OCc2nnc(SCCCN3C(=O)c4ccccc4C3=O)n2N)cc1. The van der Waals surface area contributed by atoms with Crippen LogP contribution in [0.2, 0.25) is 0 Å². The van der Waals surface area contributed by atoms with Crippen LogP contribution in [0.1, 0.15) is 59.3 Å². The second-order valence-corrected chi connectivity index (χ2v) is 9.90. The molecule has 3 aromatic rings. The van der Waals surface area contributed by atoms with E-state index < -0.39 is 0 Å². The van der Waals surface area contributed by atoms with E-state index in [0.29, 0.717) is 40.8 Å². The molecule has 0 aliphatic carbocycles. The van der Waals surface area contributed by atoms with Gasteiger partial charge in [0.1, 0.15) is 12.4 Å².